The summed E-state index contributed by atoms with van der Waals surface area (Å²) in [7, 11) is 0. The number of aryl methyl sites for hydroxylation is 2. The molecule has 0 aliphatic carbocycles. The van der Waals surface area contributed by atoms with Crippen molar-refractivity contribution >= 4 is 16.9 Å². The van der Waals surface area contributed by atoms with E-state index in [-0.39, 0.29) is 11.8 Å². The zero-order valence-corrected chi connectivity index (χ0v) is 17.6. The number of imidazole rings is 1. The van der Waals surface area contributed by atoms with Crippen molar-refractivity contribution in [2.75, 3.05) is 13.2 Å². The fourth-order valence-electron chi connectivity index (χ4n) is 3.26. The first-order chi connectivity index (χ1) is 14.0. The summed E-state index contributed by atoms with van der Waals surface area (Å²) in [4.78, 5) is 16.6. The van der Waals surface area contributed by atoms with E-state index in [9.17, 15) is 4.79 Å². The molecule has 1 amide bonds. The Balaban J connectivity index is 1.55. The van der Waals surface area contributed by atoms with E-state index in [0.717, 1.165) is 48.4 Å². The highest BCUT2D eigenvalue weighted by atomic mass is 16.5. The van der Waals surface area contributed by atoms with Crippen LogP contribution in [0.4, 0.5) is 0 Å². The molecule has 0 saturated carbocycles. The molecule has 5 heteroatoms. The van der Waals surface area contributed by atoms with E-state index in [1.54, 1.807) is 0 Å². The predicted molar refractivity (Wildman–Crippen MR) is 117 cm³/mol. The fourth-order valence-corrected chi connectivity index (χ4v) is 3.26. The maximum Gasteiger partial charge on any atom is 0.222 e. The second-order valence-electron chi connectivity index (χ2n) is 7.73. The van der Waals surface area contributed by atoms with Gasteiger partial charge in [0.1, 0.15) is 11.6 Å². The van der Waals surface area contributed by atoms with Gasteiger partial charge in [-0.1, -0.05) is 43.7 Å². The van der Waals surface area contributed by atoms with E-state index in [1.807, 2.05) is 44.2 Å². The SMILES string of the molecule is Cc1ccc(OCCCCn2c(CCNC(=O)C(C)C)nc3ccccc32)cc1. The number of rotatable bonds is 10. The van der Waals surface area contributed by atoms with Gasteiger partial charge in [0.2, 0.25) is 5.91 Å². The van der Waals surface area contributed by atoms with Crippen LogP contribution < -0.4 is 10.1 Å². The van der Waals surface area contributed by atoms with Gasteiger partial charge in [0.05, 0.1) is 17.6 Å². The van der Waals surface area contributed by atoms with Crippen molar-refractivity contribution in [3.63, 3.8) is 0 Å². The summed E-state index contributed by atoms with van der Waals surface area (Å²) < 4.78 is 8.12. The summed E-state index contributed by atoms with van der Waals surface area (Å²) in [5, 5.41) is 2.99. The lowest BCUT2D eigenvalue weighted by Gasteiger charge is -2.11. The molecule has 0 aliphatic rings. The molecule has 0 bridgehead atoms. The van der Waals surface area contributed by atoms with E-state index in [0.29, 0.717) is 13.2 Å². The molecule has 0 spiro atoms. The molecule has 0 unspecified atom stereocenters. The molecule has 3 aromatic rings. The Morgan fingerprint density at radius 3 is 2.62 bits per heavy atom. The summed E-state index contributed by atoms with van der Waals surface area (Å²) in [5.41, 5.74) is 3.40. The predicted octanol–water partition coefficient (Wildman–Crippen LogP) is 4.52. The van der Waals surface area contributed by atoms with Gasteiger partial charge in [0.15, 0.2) is 0 Å². The maximum atomic E-state index is 11.8. The summed E-state index contributed by atoms with van der Waals surface area (Å²) in [6, 6.07) is 16.4. The Morgan fingerprint density at radius 2 is 1.86 bits per heavy atom. The lowest BCUT2D eigenvalue weighted by atomic mass is 10.2. The van der Waals surface area contributed by atoms with Crippen molar-refractivity contribution in [3.8, 4) is 5.75 Å². The van der Waals surface area contributed by atoms with Gasteiger partial charge in [-0.2, -0.15) is 0 Å². The van der Waals surface area contributed by atoms with Crippen molar-refractivity contribution in [1.82, 2.24) is 14.9 Å². The lowest BCUT2D eigenvalue weighted by Crippen LogP contribution is -2.30. The molecule has 1 N–H and O–H groups in total. The second kappa shape index (κ2) is 10.1. The van der Waals surface area contributed by atoms with Crippen molar-refractivity contribution < 1.29 is 9.53 Å². The zero-order valence-electron chi connectivity index (χ0n) is 17.6. The van der Waals surface area contributed by atoms with Crippen LogP contribution >= 0.6 is 0 Å². The minimum atomic E-state index is 0.00217. The van der Waals surface area contributed by atoms with Gasteiger partial charge in [0.25, 0.3) is 0 Å². The first-order valence-electron chi connectivity index (χ1n) is 10.5. The summed E-state index contributed by atoms with van der Waals surface area (Å²) in [5.74, 6) is 2.03. The average Bonchev–Trinajstić information content (AvgIpc) is 3.06. The van der Waals surface area contributed by atoms with Crippen LogP contribution in [0.2, 0.25) is 0 Å². The highest BCUT2D eigenvalue weighted by Gasteiger charge is 2.11. The van der Waals surface area contributed by atoms with Crippen LogP contribution in [0.25, 0.3) is 11.0 Å². The Kier molecular flexibility index (Phi) is 7.28. The Morgan fingerprint density at radius 1 is 1.10 bits per heavy atom. The van der Waals surface area contributed by atoms with Crippen molar-refractivity contribution in [3.05, 3.63) is 59.9 Å². The molecule has 5 nitrogen and oxygen atoms in total. The molecular formula is C24H31N3O2. The molecular weight excluding hydrogens is 362 g/mol. The van der Waals surface area contributed by atoms with Crippen molar-refractivity contribution in [1.29, 1.82) is 0 Å². The second-order valence-corrected chi connectivity index (χ2v) is 7.73. The van der Waals surface area contributed by atoms with Crippen molar-refractivity contribution in [2.24, 2.45) is 5.92 Å². The van der Waals surface area contributed by atoms with Gasteiger partial charge >= 0.3 is 0 Å². The van der Waals surface area contributed by atoms with Crippen LogP contribution in [0.3, 0.4) is 0 Å². The third-order valence-corrected chi connectivity index (χ3v) is 4.97. The highest BCUT2D eigenvalue weighted by molar-refractivity contribution is 5.78. The van der Waals surface area contributed by atoms with Crippen LogP contribution in [-0.4, -0.2) is 28.6 Å². The van der Waals surface area contributed by atoms with Crippen LogP contribution in [0.15, 0.2) is 48.5 Å². The smallest absolute Gasteiger partial charge is 0.222 e. The Bertz CT molecular complexity index is 929. The third-order valence-electron chi connectivity index (χ3n) is 4.97. The first-order valence-corrected chi connectivity index (χ1v) is 10.5. The molecule has 154 valence electrons. The van der Waals surface area contributed by atoms with Gasteiger partial charge in [-0.05, 0) is 44.0 Å². The number of carbonyl (C=O) groups is 1. The van der Waals surface area contributed by atoms with Gasteiger partial charge in [-0.25, -0.2) is 4.98 Å². The Hall–Kier alpha value is -2.82. The molecule has 1 heterocycles. The van der Waals surface area contributed by atoms with Gasteiger partial charge in [-0.3, -0.25) is 4.79 Å². The molecule has 0 radical (unpaired) electrons. The minimum absolute atomic E-state index is 0.00217. The maximum absolute atomic E-state index is 11.8. The molecule has 1 aromatic heterocycles. The van der Waals surface area contributed by atoms with E-state index < -0.39 is 0 Å². The monoisotopic (exact) mass is 393 g/mol. The largest absolute Gasteiger partial charge is 0.494 e. The number of nitrogens with zero attached hydrogens (tertiary/aromatic N) is 2. The van der Waals surface area contributed by atoms with E-state index in [1.165, 1.54) is 5.56 Å². The first kappa shape index (κ1) is 20.9. The summed E-state index contributed by atoms with van der Waals surface area (Å²) >= 11 is 0. The van der Waals surface area contributed by atoms with E-state index in [2.05, 4.69) is 35.0 Å². The quantitative estimate of drug-likeness (QED) is 0.515. The third kappa shape index (κ3) is 5.83. The summed E-state index contributed by atoms with van der Waals surface area (Å²) in [6.07, 6.45) is 2.72. The average molecular weight is 394 g/mol. The molecule has 0 aliphatic heterocycles. The molecule has 2 aromatic carbocycles. The van der Waals surface area contributed by atoms with Crippen LogP contribution in [0.5, 0.6) is 5.75 Å². The number of nitrogens with one attached hydrogen (secondary N) is 1. The molecule has 3 rings (SSSR count). The molecule has 29 heavy (non-hydrogen) atoms. The number of hydrogen-bond donors (Lipinski definition) is 1. The standard InChI is InChI=1S/C24H31N3O2/c1-18(2)24(28)25-15-14-23-26-21-8-4-5-9-22(21)27(23)16-6-7-17-29-20-12-10-19(3)11-13-20/h4-5,8-13,18H,6-7,14-17H2,1-3H3,(H,25,28). The van der Waals surface area contributed by atoms with Crippen molar-refractivity contribution in [2.45, 2.75) is 46.6 Å². The number of benzene rings is 2. The number of para-hydroxylation sites is 2. The van der Waals surface area contributed by atoms with Crippen LogP contribution in [-0.2, 0) is 17.8 Å². The number of unbranched alkanes of at least 4 members (excludes halogenated alkanes) is 1. The molecule has 0 saturated heterocycles. The Labute approximate surface area is 173 Å². The van der Waals surface area contributed by atoms with Crippen LogP contribution in [0, 0.1) is 12.8 Å². The van der Waals surface area contributed by atoms with Crippen LogP contribution in [0.1, 0.15) is 38.1 Å². The topological polar surface area (TPSA) is 56.1 Å². The van der Waals surface area contributed by atoms with Gasteiger partial charge < -0.3 is 14.6 Å². The number of amides is 1. The number of aromatic nitrogens is 2. The van der Waals surface area contributed by atoms with Gasteiger partial charge in [-0.15, -0.1) is 0 Å². The fraction of sp³-hybridized carbons (Fsp3) is 0.417. The van der Waals surface area contributed by atoms with E-state index in [4.69, 9.17) is 9.72 Å². The van der Waals surface area contributed by atoms with Gasteiger partial charge in [0, 0.05) is 25.4 Å². The summed E-state index contributed by atoms with van der Waals surface area (Å²) in [6.45, 7) is 8.09. The lowest BCUT2D eigenvalue weighted by molar-refractivity contribution is -0.123. The molecule has 0 atom stereocenters. The number of ether oxygens (including phenoxy) is 1. The normalized spacial score (nSPS) is 11.2. The number of carbonyl (C=O) groups excluding carboxylic acids is 1. The molecule has 0 fully saturated rings. The number of hydrogen-bond acceptors (Lipinski definition) is 3. The number of fused-ring (bicyclic) bond motifs is 1. The zero-order chi connectivity index (χ0) is 20.6. The van der Waals surface area contributed by atoms with E-state index >= 15 is 0 Å². The highest BCUT2D eigenvalue weighted by Crippen LogP contribution is 2.18. The minimum Gasteiger partial charge on any atom is -0.494 e.